The van der Waals surface area contributed by atoms with Gasteiger partial charge in [0.05, 0.1) is 6.61 Å². The minimum Gasteiger partial charge on any atom is -0.383 e. The third kappa shape index (κ3) is 4.04. The molecule has 0 spiro atoms. The Morgan fingerprint density at radius 3 is 2.83 bits per heavy atom. The van der Waals surface area contributed by atoms with E-state index in [9.17, 15) is 0 Å². The van der Waals surface area contributed by atoms with E-state index < -0.39 is 0 Å². The Kier molecular flexibility index (Phi) is 4.58. The van der Waals surface area contributed by atoms with Crippen LogP contribution in [0.5, 0.6) is 0 Å². The Labute approximate surface area is 74.7 Å². The van der Waals surface area contributed by atoms with Gasteiger partial charge in [-0.3, -0.25) is 0 Å². The van der Waals surface area contributed by atoms with Crippen LogP contribution in [0.3, 0.4) is 0 Å². The summed E-state index contributed by atoms with van der Waals surface area (Å²) in [5.74, 6) is 0. The zero-order valence-electron chi connectivity index (χ0n) is 7.88. The molecule has 3 N–H and O–H groups in total. The molecule has 0 aromatic carbocycles. The maximum absolute atomic E-state index is 5.45. The third-order valence-corrected chi connectivity index (χ3v) is 2.17. The molecule has 3 nitrogen and oxygen atoms in total. The van der Waals surface area contributed by atoms with E-state index in [1.807, 2.05) is 0 Å². The lowest BCUT2D eigenvalue weighted by atomic mass is 10.1. The number of methoxy groups -OCH3 is 1. The summed E-state index contributed by atoms with van der Waals surface area (Å²) >= 11 is 0. The fourth-order valence-electron chi connectivity index (χ4n) is 1.36. The van der Waals surface area contributed by atoms with Crippen LogP contribution in [0.1, 0.15) is 25.7 Å². The summed E-state index contributed by atoms with van der Waals surface area (Å²) in [6, 6.07) is 1.29. The van der Waals surface area contributed by atoms with Crippen LogP contribution < -0.4 is 11.1 Å². The van der Waals surface area contributed by atoms with Gasteiger partial charge >= 0.3 is 0 Å². The fourth-order valence-corrected chi connectivity index (χ4v) is 1.36. The zero-order valence-corrected chi connectivity index (χ0v) is 7.88. The van der Waals surface area contributed by atoms with Gasteiger partial charge in [0.25, 0.3) is 0 Å². The largest absolute Gasteiger partial charge is 0.383 e. The highest BCUT2D eigenvalue weighted by molar-refractivity contribution is 4.84. The van der Waals surface area contributed by atoms with Crippen molar-refractivity contribution in [1.29, 1.82) is 0 Å². The minimum absolute atomic E-state index is 0.519. The molecule has 1 saturated carbocycles. The monoisotopic (exact) mass is 172 g/mol. The predicted molar refractivity (Wildman–Crippen MR) is 50.1 cm³/mol. The van der Waals surface area contributed by atoms with Gasteiger partial charge in [0, 0.05) is 19.2 Å². The van der Waals surface area contributed by atoms with E-state index in [2.05, 4.69) is 5.32 Å². The molecule has 1 atom stereocenters. The number of nitrogens with two attached hydrogens (primary N) is 1. The molecule has 1 rings (SSSR count). The second-order valence-corrected chi connectivity index (χ2v) is 3.52. The van der Waals surface area contributed by atoms with Crippen LogP contribution in [0, 0.1) is 0 Å². The summed E-state index contributed by atoms with van der Waals surface area (Å²) in [6.45, 7) is 1.60. The number of hydrogen-bond donors (Lipinski definition) is 2. The highest BCUT2D eigenvalue weighted by atomic mass is 16.5. The van der Waals surface area contributed by atoms with Crippen LogP contribution in [0.15, 0.2) is 0 Å². The van der Waals surface area contributed by atoms with Crippen molar-refractivity contribution in [1.82, 2.24) is 5.32 Å². The number of hydrogen-bond acceptors (Lipinski definition) is 3. The zero-order chi connectivity index (χ0) is 8.81. The average Bonchev–Trinajstić information content (AvgIpc) is 2.84. The highest BCUT2D eigenvalue weighted by Crippen LogP contribution is 2.20. The van der Waals surface area contributed by atoms with Crippen molar-refractivity contribution in [2.45, 2.75) is 37.8 Å². The summed E-state index contributed by atoms with van der Waals surface area (Å²) in [5.41, 5.74) is 5.45. The van der Waals surface area contributed by atoms with E-state index in [0.29, 0.717) is 6.04 Å². The quantitative estimate of drug-likeness (QED) is 0.587. The van der Waals surface area contributed by atoms with Gasteiger partial charge in [-0.2, -0.15) is 0 Å². The molecule has 3 heteroatoms. The van der Waals surface area contributed by atoms with Crippen molar-refractivity contribution in [2.24, 2.45) is 5.73 Å². The van der Waals surface area contributed by atoms with Gasteiger partial charge in [0.2, 0.25) is 0 Å². The molecule has 1 aliphatic rings. The molecule has 72 valence electrons. The summed E-state index contributed by atoms with van der Waals surface area (Å²) < 4.78 is 5.13. The number of nitrogens with one attached hydrogen (secondary N) is 1. The molecule has 0 amide bonds. The van der Waals surface area contributed by atoms with Crippen molar-refractivity contribution in [3.05, 3.63) is 0 Å². The van der Waals surface area contributed by atoms with Gasteiger partial charge in [-0.1, -0.05) is 0 Å². The number of rotatable bonds is 7. The van der Waals surface area contributed by atoms with E-state index in [-0.39, 0.29) is 0 Å². The molecule has 0 bridgehead atoms. The summed E-state index contributed by atoms with van der Waals surface area (Å²) in [7, 11) is 1.75. The molecular weight excluding hydrogens is 152 g/mol. The SMILES string of the molecule is COCC(CCCN)NC1CC1. The molecule has 1 unspecified atom stereocenters. The second-order valence-electron chi connectivity index (χ2n) is 3.52. The summed E-state index contributed by atoms with van der Waals surface area (Å²) in [5, 5.41) is 3.55. The Hall–Kier alpha value is -0.120. The van der Waals surface area contributed by atoms with Crippen LogP contribution in [-0.4, -0.2) is 32.3 Å². The lowest BCUT2D eigenvalue weighted by Crippen LogP contribution is -2.35. The van der Waals surface area contributed by atoms with Crippen LogP contribution in [0.2, 0.25) is 0 Å². The Morgan fingerprint density at radius 1 is 1.58 bits per heavy atom. The van der Waals surface area contributed by atoms with Crippen LogP contribution in [0.4, 0.5) is 0 Å². The van der Waals surface area contributed by atoms with E-state index in [1.165, 1.54) is 12.8 Å². The molecule has 0 aromatic rings. The van der Waals surface area contributed by atoms with Crippen molar-refractivity contribution in [3.8, 4) is 0 Å². The van der Waals surface area contributed by atoms with Gasteiger partial charge in [-0.05, 0) is 32.2 Å². The lowest BCUT2D eigenvalue weighted by Gasteiger charge is -2.16. The van der Waals surface area contributed by atoms with Crippen molar-refractivity contribution in [2.75, 3.05) is 20.3 Å². The topological polar surface area (TPSA) is 47.3 Å². The Balaban J connectivity index is 2.07. The maximum Gasteiger partial charge on any atom is 0.0615 e. The molecule has 0 aromatic heterocycles. The second kappa shape index (κ2) is 5.51. The molecule has 0 aliphatic heterocycles. The first-order chi connectivity index (χ1) is 5.86. The molecule has 12 heavy (non-hydrogen) atoms. The molecule has 0 saturated heterocycles. The van der Waals surface area contributed by atoms with Crippen LogP contribution in [-0.2, 0) is 4.74 Å². The summed E-state index contributed by atoms with van der Waals surface area (Å²) in [6.07, 6.45) is 4.90. The lowest BCUT2D eigenvalue weighted by molar-refractivity contribution is 0.161. The molecule has 0 heterocycles. The fraction of sp³-hybridized carbons (Fsp3) is 1.00. The average molecular weight is 172 g/mol. The van der Waals surface area contributed by atoms with E-state index in [0.717, 1.165) is 32.0 Å². The van der Waals surface area contributed by atoms with Crippen LogP contribution in [0.25, 0.3) is 0 Å². The van der Waals surface area contributed by atoms with Crippen molar-refractivity contribution in [3.63, 3.8) is 0 Å². The van der Waals surface area contributed by atoms with Gasteiger partial charge in [0.1, 0.15) is 0 Å². The standard InChI is InChI=1S/C9H20N2O/c1-12-7-9(3-2-6-10)11-8-4-5-8/h8-9,11H,2-7,10H2,1H3. The Bertz CT molecular complexity index is 115. The van der Waals surface area contributed by atoms with E-state index in [4.69, 9.17) is 10.5 Å². The van der Waals surface area contributed by atoms with Gasteiger partial charge in [0.15, 0.2) is 0 Å². The third-order valence-electron chi connectivity index (χ3n) is 2.17. The molecule has 1 fully saturated rings. The van der Waals surface area contributed by atoms with E-state index in [1.54, 1.807) is 7.11 Å². The first-order valence-corrected chi connectivity index (χ1v) is 4.82. The summed E-state index contributed by atoms with van der Waals surface area (Å²) in [4.78, 5) is 0. The normalized spacial score (nSPS) is 19.5. The Morgan fingerprint density at radius 2 is 2.33 bits per heavy atom. The van der Waals surface area contributed by atoms with Gasteiger partial charge in [-0.25, -0.2) is 0 Å². The van der Waals surface area contributed by atoms with Crippen molar-refractivity contribution < 1.29 is 4.74 Å². The molecule has 0 radical (unpaired) electrons. The molecule has 1 aliphatic carbocycles. The smallest absolute Gasteiger partial charge is 0.0615 e. The van der Waals surface area contributed by atoms with Crippen molar-refractivity contribution >= 4 is 0 Å². The first kappa shape index (κ1) is 9.96. The highest BCUT2D eigenvalue weighted by Gasteiger charge is 2.23. The van der Waals surface area contributed by atoms with Crippen LogP contribution >= 0.6 is 0 Å². The predicted octanol–water partition coefficient (Wildman–Crippen LogP) is 0.492. The minimum atomic E-state index is 0.519. The van der Waals surface area contributed by atoms with E-state index >= 15 is 0 Å². The number of ether oxygens (including phenoxy) is 1. The first-order valence-electron chi connectivity index (χ1n) is 4.82. The maximum atomic E-state index is 5.45. The molecular formula is C9H20N2O. The van der Waals surface area contributed by atoms with Gasteiger partial charge in [-0.15, -0.1) is 0 Å². The van der Waals surface area contributed by atoms with Gasteiger partial charge < -0.3 is 15.8 Å².